The lowest BCUT2D eigenvalue weighted by atomic mass is 9.98. The molecule has 3 nitrogen and oxygen atoms in total. The van der Waals surface area contributed by atoms with Crippen LogP contribution in [0.4, 0.5) is 0 Å². The first-order chi connectivity index (χ1) is 7.57. The first kappa shape index (κ1) is 14.8. The first-order valence-electron chi connectivity index (χ1n) is 4.90. The monoisotopic (exact) mass is 296 g/mol. The maximum atomic E-state index is 11.6. The van der Waals surface area contributed by atoms with E-state index in [1.807, 2.05) is 0 Å². The third-order valence-electron chi connectivity index (χ3n) is 2.87. The summed E-state index contributed by atoms with van der Waals surface area (Å²) in [5.41, 5.74) is 0.314. The van der Waals surface area contributed by atoms with E-state index in [9.17, 15) is 13.5 Å². The summed E-state index contributed by atoms with van der Waals surface area (Å²) in [7, 11) is -3.43. The topological polar surface area (TPSA) is 54.4 Å². The number of sulfone groups is 1. The van der Waals surface area contributed by atoms with Crippen LogP contribution in [0.25, 0.3) is 0 Å². The Morgan fingerprint density at radius 2 is 1.82 bits per heavy atom. The fourth-order valence-corrected chi connectivity index (χ4v) is 2.24. The van der Waals surface area contributed by atoms with Crippen LogP contribution in [0.5, 0.6) is 0 Å². The first-order valence-corrected chi connectivity index (χ1v) is 7.54. The van der Waals surface area contributed by atoms with E-state index in [1.54, 1.807) is 6.07 Å². The van der Waals surface area contributed by atoms with Gasteiger partial charge in [-0.3, -0.25) is 0 Å². The molecule has 1 aromatic rings. The molecular formula is C11H14Cl2O3S. The van der Waals surface area contributed by atoms with Crippen molar-refractivity contribution in [2.24, 2.45) is 0 Å². The van der Waals surface area contributed by atoms with Crippen molar-refractivity contribution in [3.63, 3.8) is 0 Å². The van der Waals surface area contributed by atoms with Crippen LogP contribution >= 0.6 is 23.2 Å². The van der Waals surface area contributed by atoms with Crippen molar-refractivity contribution < 1.29 is 13.5 Å². The molecule has 0 radical (unpaired) electrons. The lowest BCUT2D eigenvalue weighted by Gasteiger charge is -2.29. The van der Waals surface area contributed by atoms with Crippen LogP contribution in [0.3, 0.4) is 0 Å². The normalized spacial score (nSPS) is 14.7. The summed E-state index contributed by atoms with van der Waals surface area (Å²) in [5, 5.41) is 10.9. The molecule has 6 heteroatoms. The largest absolute Gasteiger partial charge is 0.387 e. The summed E-state index contributed by atoms with van der Waals surface area (Å²) in [6.45, 7) is 2.90. The number of benzene rings is 1. The van der Waals surface area contributed by atoms with Gasteiger partial charge in [-0.05, 0) is 32.0 Å². The van der Waals surface area contributed by atoms with E-state index < -0.39 is 20.7 Å². The number of hydrogen-bond acceptors (Lipinski definition) is 3. The zero-order valence-corrected chi connectivity index (χ0v) is 12.1. The number of halogens is 2. The molecule has 0 saturated carbocycles. The number of aliphatic hydroxyl groups excluding tert-OH is 1. The van der Waals surface area contributed by atoms with E-state index in [0.29, 0.717) is 15.6 Å². The third-order valence-corrected chi connectivity index (χ3v) is 5.58. The fourth-order valence-electron chi connectivity index (χ4n) is 1.30. The lowest BCUT2D eigenvalue weighted by Crippen LogP contribution is -2.37. The second-order valence-electron chi connectivity index (χ2n) is 4.44. The summed E-state index contributed by atoms with van der Waals surface area (Å²) < 4.78 is 21.9. The molecule has 0 aliphatic rings. The van der Waals surface area contributed by atoms with Gasteiger partial charge in [0.25, 0.3) is 0 Å². The zero-order chi connectivity index (χ0) is 13.4. The van der Waals surface area contributed by atoms with Crippen LogP contribution in [-0.2, 0) is 9.84 Å². The minimum atomic E-state index is -3.43. The molecule has 1 atom stereocenters. The van der Waals surface area contributed by atoms with Crippen LogP contribution < -0.4 is 0 Å². The highest BCUT2D eigenvalue weighted by atomic mass is 35.5. The van der Waals surface area contributed by atoms with E-state index in [0.717, 1.165) is 6.26 Å². The van der Waals surface area contributed by atoms with Crippen molar-refractivity contribution in [2.75, 3.05) is 6.26 Å². The summed E-state index contributed by atoms with van der Waals surface area (Å²) >= 11 is 11.7. The molecule has 0 amide bonds. The van der Waals surface area contributed by atoms with Gasteiger partial charge in [0.2, 0.25) is 0 Å². The van der Waals surface area contributed by atoms with Crippen molar-refractivity contribution in [3.8, 4) is 0 Å². The SMILES string of the molecule is CC(C)(C(O)c1cc(Cl)ccc1Cl)S(C)(=O)=O. The molecular weight excluding hydrogens is 283 g/mol. The van der Waals surface area contributed by atoms with E-state index in [-0.39, 0.29) is 0 Å². The van der Waals surface area contributed by atoms with Gasteiger partial charge in [0.15, 0.2) is 9.84 Å². The van der Waals surface area contributed by atoms with Gasteiger partial charge in [0, 0.05) is 21.9 Å². The molecule has 1 aromatic carbocycles. The van der Waals surface area contributed by atoms with Crippen molar-refractivity contribution in [1.82, 2.24) is 0 Å². The Balaban J connectivity index is 3.30. The number of hydrogen-bond donors (Lipinski definition) is 1. The smallest absolute Gasteiger partial charge is 0.155 e. The molecule has 96 valence electrons. The van der Waals surface area contributed by atoms with E-state index in [1.165, 1.54) is 26.0 Å². The van der Waals surface area contributed by atoms with Gasteiger partial charge < -0.3 is 5.11 Å². The molecule has 17 heavy (non-hydrogen) atoms. The third kappa shape index (κ3) is 2.94. The average molecular weight is 297 g/mol. The second kappa shape index (κ2) is 4.76. The van der Waals surface area contributed by atoms with Gasteiger partial charge in [-0.1, -0.05) is 23.2 Å². The summed E-state index contributed by atoms with van der Waals surface area (Å²) in [4.78, 5) is 0. The Bertz CT molecular complexity index is 524. The molecule has 0 heterocycles. The second-order valence-corrected chi connectivity index (χ2v) is 7.88. The molecule has 1 rings (SSSR count). The Morgan fingerprint density at radius 3 is 2.29 bits per heavy atom. The minimum absolute atomic E-state index is 0.290. The Hall–Kier alpha value is -0.290. The lowest BCUT2D eigenvalue weighted by molar-refractivity contribution is 0.139. The molecule has 0 bridgehead atoms. The van der Waals surface area contributed by atoms with Crippen molar-refractivity contribution in [1.29, 1.82) is 0 Å². The van der Waals surface area contributed by atoms with Crippen molar-refractivity contribution in [2.45, 2.75) is 24.7 Å². The molecule has 0 aliphatic heterocycles. The molecule has 0 saturated heterocycles. The van der Waals surface area contributed by atoms with Crippen molar-refractivity contribution in [3.05, 3.63) is 33.8 Å². The molecule has 0 aromatic heterocycles. The van der Waals surface area contributed by atoms with Gasteiger partial charge in [0.1, 0.15) is 0 Å². The Kier molecular flexibility index (Phi) is 4.14. The van der Waals surface area contributed by atoms with Crippen LogP contribution in [0.2, 0.25) is 10.0 Å². The van der Waals surface area contributed by atoms with E-state index in [4.69, 9.17) is 23.2 Å². The van der Waals surface area contributed by atoms with Crippen LogP contribution in [0.1, 0.15) is 25.5 Å². The number of rotatable bonds is 3. The van der Waals surface area contributed by atoms with Gasteiger partial charge >= 0.3 is 0 Å². The van der Waals surface area contributed by atoms with E-state index in [2.05, 4.69) is 0 Å². The van der Waals surface area contributed by atoms with Crippen LogP contribution in [0, 0.1) is 0 Å². The van der Waals surface area contributed by atoms with Gasteiger partial charge in [-0.25, -0.2) is 8.42 Å². The standard InChI is InChI=1S/C11H14Cl2O3S/c1-11(2,17(3,15)16)10(14)8-6-7(12)4-5-9(8)13/h4-6,10,14H,1-3H3. The zero-order valence-electron chi connectivity index (χ0n) is 9.74. The highest BCUT2D eigenvalue weighted by Crippen LogP contribution is 2.36. The minimum Gasteiger partial charge on any atom is -0.387 e. The molecule has 0 aliphatic carbocycles. The van der Waals surface area contributed by atoms with Crippen molar-refractivity contribution >= 4 is 33.0 Å². The number of aliphatic hydroxyl groups is 1. The molecule has 1 N–H and O–H groups in total. The predicted octanol–water partition coefficient (Wildman–Crippen LogP) is 2.85. The van der Waals surface area contributed by atoms with Gasteiger partial charge in [-0.15, -0.1) is 0 Å². The van der Waals surface area contributed by atoms with E-state index >= 15 is 0 Å². The molecule has 0 spiro atoms. The average Bonchev–Trinajstić information content (AvgIpc) is 2.19. The molecule has 1 unspecified atom stereocenters. The molecule has 0 fully saturated rings. The Morgan fingerprint density at radius 1 is 1.29 bits per heavy atom. The van der Waals surface area contributed by atoms with Gasteiger partial charge in [-0.2, -0.15) is 0 Å². The predicted molar refractivity (Wildman–Crippen MR) is 70.3 cm³/mol. The highest BCUT2D eigenvalue weighted by molar-refractivity contribution is 7.92. The van der Waals surface area contributed by atoms with Crippen LogP contribution in [0.15, 0.2) is 18.2 Å². The maximum Gasteiger partial charge on any atom is 0.155 e. The quantitative estimate of drug-likeness (QED) is 0.933. The summed E-state index contributed by atoms with van der Waals surface area (Å²) in [5.74, 6) is 0. The maximum absolute atomic E-state index is 11.6. The Labute approximate surface area is 111 Å². The summed E-state index contributed by atoms with van der Waals surface area (Å²) in [6.07, 6.45) is -0.155. The fraction of sp³-hybridized carbons (Fsp3) is 0.455. The summed E-state index contributed by atoms with van der Waals surface area (Å²) in [6, 6.07) is 4.58. The highest BCUT2D eigenvalue weighted by Gasteiger charge is 2.39. The van der Waals surface area contributed by atoms with Gasteiger partial charge in [0.05, 0.1) is 10.9 Å². The van der Waals surface area contributed by atoms with Crippen LogP contribution in [-0.4, -0.2) is 24.5 Å².